The van der Waals surface area contributed by atoms with Crippen molar-refractivity contribution in [1.29, 1.82) is 5.26 Å². The van der Waals surface area contributed by atoms with Crippen molar-refractivity contribution in [3.05, 3.63) is 82.9 Å². The van der Waals surface area contributed by atoms with E-state index >= 15 is 0 Å². The molecule has 0 radical (unpaired) electrons. The molecule has 0 saturated heterocycles. The number of halogens is 3. The molecule has 0 atom stereocenters. The van der Waals surface area contributed by atoms with Gasteiger partial charge in [0.05, 0.1) is 27.0 Å². The molecule has 0 spiro atoms. The van der Waals surface area contributed by atoms with Gasteiger partial charge in [0.15, 0.2) is 11.5 Å². The van der Waals surface area contributed by atoms with Crippen LogP contribution in [-0.2, 0) is 6.54 Å². The van der Waals surface area contributed by atoms with E-state index in [0.717, 1.165) is 15.9 Å². The van der Waals surface area contributed by atoms with Crippen LogP contribution in [0.25, 0.3) is 10.1 Å². The second kappa shape index (κ2) is 8.77. The second-order valence-corrected chi connectivity index (χ2v) is 10.00. The van der Waals surface area contributed by atoms with Gasteiger partial charge >= 0.3 is 0 Å². The third kappa shape index (κ3) is 3.81. The molecule has 1 aliphatic heterocycles. The molecule has 35 heavy (non-hydrogen) atoms. The number of benzene rings is 2. The number of pyridine rings is 1. The Morgan fingerprint density at radius 2 is 1.94 bits per heavy atom. The molecule has 0 aliphatic carbocycles. The molecular formula is C24H13Cl3N2O5S. The maximum atomic E-state index is 13.6. The minimum absolute atomic E-state index is 0.0552. The van der Waals surface area contributed by atoms with Gasteiger partial charge < -0.3 is 14.6 Å². The highest BCUT2D eigenvalue weighted by Gasteiger charge is 2.29. The van der Waals surface area contributed by atoms with Gasteiger partial charge in [0, 0.05) is 15.1 Å². The van der Waals surface area contributed by atoms with E-state index in [-0.39, 0.29) is 45.0 Å². The van der Waals surface area contributed by atoms with E-state index in [9.17, 15) is 20.0 Å². The number of fused-ring (bicyclic) bond motifs is 2. The molecular weight excluding hydrogens is 535 g/mol. The van der Waals surface area contributed by atoms with Crippen LogP contribution in [0.15, 0.2) is 35.1 Å². The predicted octanol–water partition coefficient (Wildman–Crippen LogP) is 5.92. The third-order valence-electron chi connectivity index (χ3n) is 5.66. The van der Waals surface area contributed by atoms with Gasteiger partial charge in [-0.25, -0.2) is 0 Å². The van der Waals surface area contributed by atoms with E-state index < -0.39 is 17.2 Å². The molecule has 176 valence electrons. The molecule has 11 heteroatoms. The van der Waals surface area contributed by atoms with Crippen LogP contribution in [0.5, 0.6) is 17.4 Å². The predicted molar refractivity (Wildman–Crippen MR) is 134 cm³/mol. The van der Waals surface area contributed by atoms with Gasteiger partial charge in [-0.15, -0.1) is 11.3 Å². The van der Waals surface area contributed by atoms with E-state index in [1.165, 1.54) is 13.0 Å². The summed E-state index contributed by atoms with van der Waals surface area (Å²) in [6, 6.07) is 10.0. The van der Waals surface area contributed by atoms with Crippen LogP contribution in [-0.4, -0.2) is 22.2 Å². The smallest absolute Gasteiger partial charge is 0.271 e. The summed E-state index contributed by atoms with van der Waals surface area (Å²) in [6.07, 6.45) is 0. The van der Waals surface area contributed by atoms with Gasteiger partial charge in [-0.3, -0.25) is 14.2 Å². The van der Waals surface area contributed by atoms with Crippen molar-refractivity contribution < 1.29 is 19.4 Å². The maximum absolute atomic E-state index is 13.6. The first-order valence-electron chi connectivity index (χ1n) is 10.1. The number of hydrogen-bond donors (Lipinski definition) is 1. The summed E-state index contributed by atoms with van der Waals surface area (Å²) in [5.41, 5.74) is -0.532. The zero-order valence-corrected chi connectivity index (χ0v) is 20.9. The van der Waals surface area contributed by atoms with Crippen LogP contribution in [0, 0.1) is 18.3 Å². The third-order valence-corrected chi connectivity index (χ3v) is 7.80. The number of aromatic hydroxyl groups is 1. The van der Waals surface area contributed by atoms with Crippen LogP contribution in [0.2, 0.25) is 15.1 Å². The fourth-order valence-electron chi connectivity index (χ4n) is 3.96. The normalized spacial score (nSPS) is 12.2. The van der Waals surface area contributed by atoms with Crippen LogP contribution < -0.4 is 15.0 Å². The highest BCUT2D eigenvalue weighted by Crippen LogP contribution is 2.43. The molecule has 0 amide bonds. The molecule has 5 rings (SSSR count). The monoisotopic (exact) mass is 546 g/mol. The van der Waals surface area contributed by atoms with E-state index in [1.807, 2.05) is 6.07 Å². The molecule has 0 fully saturated rings. The standard InChI is InChI=1S/C24H13Cl3N2O5S/c1-10-13(7-28)23(31)29(8-11-2-3-15-16(4-11)34-9-33-15)24(32)18(10)21(30)22-20(27)19-14(26)5-12(25)6-17(19)35-22/h2-6,32H,8-9H2,1H3. The van der Waals surface area contributed by atoms with Gasteiger partial charge in [0.1, 0.15) is 11.6 Å². The molecule has 4 aromatic rings. The summed E-state index contributed by atoms with van der Waals surface area (Å²) in [5, 5.41) is 22.0. The molecule has 3 heterocycles. The van der Waals surface area contributed by atoms with Gasteiger partial charge in [-0.1, -0.05) is 40.9 Å². The minimum Gasteiger partial charge on any atom is -0.494 e. The Kier molecular flexibility index (Phi) is 5.90. The van der Waals surface area contributed by atoms with Crippen molar-refractivity contribution in [3.8, 4) is 23.4 Å². The fourth-order valence-corrected chi connectivity index (χ4v) is 6.29. The first-order chi connectivity index (χ1) is 16.7. The lowest BCUT2D eigenvalue weighted by atomic mass is 10.00. The Balaban J connectivity index is 1.67. The van der Waals surface area contributed by atoms with E-state index in [1.54, 1.807) is 24.3 Å². The van der Waals surface area contributed by atoms with Crippen molar-refractivity contribution in [2.24, 2.45) is 0 Å². The fraction of sp³-hybridized carbons (Fsp3) is 0.125. The number of carbonyl (C=O) groups excluding carboxylic acids is 1. The van der Waals surface area contributed by atoms with Crippen LogP contribution in [0.4, 0.5) is 0 Å². The number of carbonyl (C=O) groups is 1. The molecule has 1 aliphatic rings. The first kappa shape index (κ1) is 23.5. The average molecular weight is 548 g/mol. The van der Waals surface area contributed by atoms with Gasteiger partial charge in [0.25, 0.3) is 5.56 Å². The summed E-state index contributed by atoms with van der Waals surface area (Å²) < 4.78 is 12.2. The summed E-state index contributed by atoms with van der Waals surface area (Å²) in [5.74, 6) is -0.173. The molecule has 2 aromatic heterocycles. The number of nitriles is 1. The summed E-state index contributed by atoms with van der Waals surface area (Å²) in [4.78, 5) is 26.8. The molecule has 1 N–H and O–H groups in total. The lowest BCUT2D eigenvalue weighted by Gasteiger charge is -2.15. The Morgan fingerprint density at radius 1 is 1.20 bits per heavy atom. The lowest BCUT2D eigenvalue weighted by Crippen LogP contribution is -2.27. The number of ketones is 1. The van der Waals surface area contributed by atoms with Crippen LogP contribution >= 0.6 is 46.1 Å². The molecule has 7 nitrogen and oxygen atoms in total. The summed E-state index contributed by atoms with van der Waals surface area (Å²) >= 11 is 19.9. The largest absolute Gasteiger partial charge is 0.494 e. The molecule has 0 unspecified atom stereocenters. The van der Waals surface area contributed by atoms with Gasteiger partial charge in [0.2, 0.25) is 18.5 Å². The highest BCUT2D eigenvalue weighted by atomic mass is 35.5. The second-order valence-electron chi connectivity index (χ2n) is 7.72. The average Bonchev–Trinajstić information content (AvgIpc) is 3.40. The quantitative estimate of drug-likeness (QED) is 0.318. The Labute approximate surface area is 217 Å². The van der Waals surface area contributed by atoms with E-state index in [2.05, 4.69) is 0 Å². The molecule has 2 aromatic carbocycles. The summed E-state index contributed by atoms with van der Waals surface area (Å²) in [6.45, 7) is 1.40. The zero-order chi connectivity index (χ0) is 25.0. The number of ether oxygens (including phenoxy) is 2. The molecule has 0 bridgehead atoms. The highest BCUT2D eigenvalue weighted by molar-refractivity contribution is 7.22. The zero-order valence-electron chi connectivity index (χ0n) is 17.8. The summed E-state index contributed by atoms with van der Waals surface area (Å²) in [7, 11) is 0. The minimum atomic E-state index is -0.728. The van der Waals surface area contributed by atoms with Crippen LogP contribution in [0.3, 0.4) is 0 Å². The lowest BCUT2D eigenvalue weighted by molar-refractivity contribution is 0.103. The number of hydrogen-bond acceptors (Lipinski definition) is 7. The number of nitrogens with zero attached hydrogens (tertiary/aromatic N) is 2. The number of rotatable bonds is 4. The van der Waals surface area contributed by atoms with Crippen LogP contribution in [0.1, 0.15) is 31.9 Å². The van der Waals surface area contributed by atoms with Crippen molar-refractivity contribution in [2.45, 2.75) is 13.5 Å². The van der Waals surface area contributed by atoms with E-state index in [0.29, 0.717) is 32.2 Å². The van der Waals surface area contributed by atoms with Gasteiger partial charge in [-0.05, 0) is 42.3 Å². The number of thiophene rings is 1. The Morgan fingerprint density at radius 3 is 2.69 bits per heavy atom. The van der Waals surface area contributed by atoms with Crippen molar-refractivity contribution in [3.63, 3.8) is 0 Å². The van der Waals surface area contributed by atoms with Crippen molar-refractivity contribution in [2.75, 3.05) is 6.79 Å². The van der Waals surface area contributed by atoms with Gasteiger partial charge in [-0.2, -0.15) is 5.26 Å². The molecule has 0 saturated carbocycles. The Bertz CT molecular complexity index is 1670. The van der Waals surface area contributed by atoms with Crippen molar-refractivity contribution in [1.82, 2.24) is 4.57 Å². The topological polar surface area (TPSA) is 102 Å². The maximum Gasteiger partial charge on any atom is 0.271 e. The van der Waals surface area contributed by atoms with E-state index in [4.69, 9.17) is 44.3 Å². The first-order valence-corrected chi connectivity index (χ1v) is 12.0. The Hall–Kier alpha value is -3.22. The SMILES string of the molecule is Cc1c(C(=O)c2sc3cc(Cl)cc(Cl)c3c2Cl)c(O)n(Cc2ccc3c(c2)OCO3)c(=O)c1C#N. The number of aromatic nitrogens is 1. The van der Waals surface area contributed by atoms with Crippen molar-refractivity contribution >= 4 is 62.0 Å².